The van der Waals surface area contributed by atoms with Crippen LogP contribution in [0.15, 0.2) is 53.3 Å². The van der Waals surface area contributed by atoms with Crippen LogP contribution in [0, 0.1) is 0 Å². The van der Waals surface area contributed by atoms with Crippen LogP contribution in [-0.4, -0.2) is 47.0 Å². The Hall–Kier alpha value is -2.91. The molecule has 10 heteroatoms. The van der Waals surface area contributed by atoms with Crippen molar-refractivity contribution in [2.75, 3.05) is 37.7 Å². The van der Waals surface area contributed by atoms with Crippen LogP contribution in [0.1, 0.15) is 18.2 Å². The smallest absolute Gasteiger partial charge is 0.416 e. The Kier molecular flexibility index (Phi) is 6.95. The van der Waals surface area contributed by atoms with Gasteiger partial charge in [0.1, 0.15) is 10.8 Å². The number of nitrogens with zero attached hydrogens (tertiary/aromatic N) is 4. The number of alkyl halides is 3. The predicted molar refractivity (Wildman–Crippen MR) is 126 cm³/mol. The Morgan fingerprint density at radius 1 is 1.00 bits per heavy atom. The summed E-state index contributed by atoms with van der Waals surface area (Å²) in [5.74, 6) is 0.859. The Bertz CT molecular complexity index is 1200. The molecule has 182 valence electrons. The number of anilines is 1. The van der Waals surface area contributed by atoms with E-state index in [1.807, 2.05) is 31.2 Å². The summed E-state index contributed by atoms with van der Waals surface area (Å²) >= 11 is 6.38. The van der Waals surface area contributed by atoms with Gasteiger partial charge in [-0.2, -0.15) is 13.2 Å². The molecule has 3 aromatic rings. The molecule has 34 heavy (non-hydrogen) atoms. The Morgan fingerprint density at radius 3 is 2.26 bits per heavy atom. The zero-order valence-electron chi connectivity index (χ0n) is 19.0. The van der Waals surface area contributed by atoms with E-state index >= 15 is 0 Å². The van der Waals surface area contributed by atoms with Crippen molar-refractivity contribution in [3.63, 3.8) is 0 Å². The molecule has 0 unspecified atom stereocenters. The number of rotatable bonds is 6. The van der Waals surface area contributed by atoms with Crippen LogP contribution in [0.4, 0.5) is 18.9 Å². The molecule has 1 aliphatic rings. The fraction of sp³-hybridized carbons (Fsp3) is 0.375. The summed E-state index contributed by atoms with van der Waals surface area (Å²) in [6, 6.07) is 12.4. The molecule has 0 aliphatic carbocycles. The highest BCUT2D eigenvalue weighted by molar-refractivity contribution is 6.31. The fourth-order valence-electron chi connectivity index (χ4n) is 4.22. The van der Waals surface area contributed by atoms with Gasteiger partial charge in [-0.15, -0.1) is 0 Å². The Labute approximate surface area is 200 Å². The molecule has 1 saturated heterocycles. The summed E-state index contributed by atoms with van der Waals surface area (Å²) in [5.41, 5.74) is 0.778. The second-order valence-electron chi connectivity index (χ2n) is 8.11. The first kappa shape index (κ1) is 24.2. The van der Waals surface area contributed by atoms with Gasteiger partial charge in [0.15, 0.2) is 0 Å². The van der Waals surface area contributed by atoms with Gasteiger partial charge in [0.25, 0.3) is 5.56 Å². The van der Waals surface area contributed by atoms with E-state index in [9.17, 15) is 18.0 Å². The third kappa shape index (κ3) is 4.81. The molecule has 0 atom stereocenters. The number of ether oxygens (including phenoxy) is 1. The zero-order chi connectivity index (χ0) is 24.5. The summed E-state index contributed by atoms with van der Waals surface area (Å²) in [6.07, 6.45) is -4.44. The predicted octanol–water partition coefficient (Wildman–Crippen LogP) is 4.57. The van der Waals surface area contributed by atoms with Crippen molar-refractivity contribution in [3.05, 3.63) is 75.2 Å². The molecule has 1 aliphatic heterocycles. The molecular weight excluding hydrogens is 469 g/mol. The monoisotopic (exact) mass is 494 g/mol. The van der Waals surface area contributed by atoms with Gasteiger partial charge in [0, 0.05) is 39.8 Å². The van der Waals surface area contributed by atoms with Crippen LogP contribution in [0.3, 0.4) is 0 Å². The molecule has 0 radical (unpaired) electrons. The molecule has 2 heterocycles. The first-order valence-electron chi connectivity index (χ1n) is 11.0. The largest absolute Gasteiger partial charge is 0.492 e. The van der Waals surface area contributed by atoms with E-state index in [1.165, 1.54) is 16.8 Å². The standard InChI is InChI=1S/C24H26ClF3N4O2/c1-3-34-21-7-5-4-6-19(21)31-14-12-30(13-15-31)16-20-22(25)23(33)32(29(20)2)18-10-8-17(9-11-18)24(26,27)28/h4-11H,3,12-16H2,1-2H3. The van der Waals surface area contributed by atoms with Crippen LogP contribution in [0.5, 0.6) is 5.75 Å². The Balaban J connectivity index is 1.49. The first-order chi connectivity index (χ1) is 16.2. The summed E-state index contributed by atoms with van der Waals surface area (Å²) in [4.78, 5) is 17.3. The average molecular weight is 495 g/mol. The maximum Gasteiger partial charge on any atom is 0.416 e. The van der Waals surface area contributed by atoms with Crippen LogP contribution < -0.4 is 15.2 Å². The highest BCUT2D eigenvalue weighted by Crippen LogP contribution is 2.31. The number of benzene rings is 2. The third-order valence-electron chi connectivity index (χ3n) is 6.01. The lowest BCUT2D eigenvalue weighted by molar-refractivity contribution is -0.137. The molecule has 0 saturated carbocycles. The van der Waals surface area contributed by atoms with Gasteiger partial charge in [-0.05, 0) is 43.3 Å². The normalized spacial score (nSPS) is 15.1. The van der Waals surface area contributed by atoms with E-state index < -0.39 is 17.3 Å². The number of hydrogen-bond donors (Lipinski definition) is 0. The minimum absolute atomic E-state index is 0.0755. The summed E-state index contributed by atoms with van der Waals surface area (Å²) in [7, 11) is 1.69. The van der Waals surface area contributed by atoms with E-state index in [-0.39, 0.29) is 5.02 Å². The van der Waals surface area contributed by atoms with Crippen molar-refractivity contribution in [2.24, 2.45) is 7.05 Å². The van der Waals surface area contributed by atoms with Crippen LogP contribution in [0.25, 0.3) is 5.69 Å². The van der Waals surface area contributed by atoms with Gasteiger partial charge >= 0.3 is 6.18 Å². The number of piperazine rings is 1. The second-order valence-corrected chi connectivity index (χ2v) is 8.49. The molecule has 0 N–H and O–H groups in total. The number of aromatic nitrogens is 2. The highest BCUT2D eigenvalue weighted by atomic mass is 35.5. The van der Waals surface area contributed by atoms with Crippen molar-refractivity contribution in [1.29, 1.82) is 0 Å². The topological polar surface area (TPSA) is 42.6 Å². The van der Waals surface area contributed by atoms with Gasteiger partial charge in [-0.25, -0.2) is 4.68 Å². The van der Waals surface area contributed by atoms with Gasteiger partial charge in [-0.3, -0.25) is 14.4 Å². The van der Waals surface area contributed by atoms with E-state index in [0.717, 1.165) is 49.7 Å². The quantitative estimate of drug-likeness (QED) is 0.503. The summed E-state index contributed by atoms with van der Waals surface area (Å²) in [5, 5.41) is 0.0755. The zero-order valence-corrected chi connectivity index (χ0v) is 19.7. The molecule has 1 fully saturated rings. The highest BCUT2D eigenvalue weighted by Gasteiger charge is 2.30. The van der Waals surface area contributed by atoms with Crippen molar-refractivity contribution >= 4 is 17.3 Å². The Morgan fingerprint density at radius 2 is 1.65 bits per heavy atom. The van der Waals surface area contributed by atoms with Crippen molar-refractivity contribution in [2.45, 2.75) is 19.6 Å². The van der Waals surface area contributed by atoms with Crippen LogP contribution in [-0.2, 0) is 19.8 Å². The number of hydrogen-bond acceptors (Lipinski definition) is 4. The molecule has 0 spiro atoms. The van der Waals surface area contributed by atoms with E-state index in [1.54, 1.807) is 11.7 Å². The van der Waals surface area contributed by atoms with Gasteiger partial charge in [0.05, 0.1) is 29.2 Å². The SMILES string of the molecule is CCOc1ccccc1N1CCN(Cc2c(Cl)c(=O)n(-c3ccc(C(F)(F)F)cc3)n2C)CC1. The van der Waals surface area contributed by atoms with E-state index in [0.29, 0.717) is 24.5 Å². The maximum absolute atomic E-state index is 12.9. The molecule has 4 rings (SSSR count). The van der Waals surface area contributed by atoms with E-state index in [4.69, 9.17) is 16.3 Å². The maximum atomic E-state index is 12.9. The molecular formula is C24H26ClF3N4O2. The third-order valence-corrected chi connectivity index (χ3v) is 6.39. The van der Waals surface area contributed by atoms with Gasteiger partial charge < -0.3 is 9.64 Å². The number of para-hydroxylation sites is 2. The van der Waals surface area contributed by atoms with Gasteiger partial charge in [-0.1, -0.05) is 23.7 Å². The van der Waals surface area contributed by atoms with Crippen LogP contribution >= 0.6 is 11.6 Å². The fourth-order valence-corrected chi connectivity index (χ4v) is 4.49. The molecule has 2 aromatic carbocycles. The van der Waals surface area contributed by atoms with Crippen molar-refractivity contribution in [3.8, 4) is 11.4 Å². The van der Waals surface area contributed by atoms with E-state index in [2.05, 4.69) is 9.80 Å². The molecule has 1 aromatic heterocycles. The van der Waals surface area contributed by atoms with Gasteiger partial charge in [0.2, 0.25) is 0 Å². The summed E-state index contributed by atoms with van der Waals surface area (Å²) < 4.78 is 47.4. The minimum atomic E-state index is -4.44. The minimum Gasteiger partial charge on any atom is -0.492 e. The number of halogens is 4. The van der Waals surface area contributed by atoms with Crippen LogP contribution in [0.2, 0.25) is 5.02 Å². The molecule has 0 amide bonds. The lowest BCUT2D eigenvalue weighted by Gasteiger charge is -2.36. The van der Waals surface area contributed by atoms with Crippen molar-refractivity contribution < 1.29 is 17.9 Å². The van der Waals surface area contributed by atoms with Crippen molar-refractivity contribution in [1.82, 2.24) is 14.3 Å². The second kappa shape index (κ2) is 9.76. The first-order valence-corrected chi connectivity index (χ1v) is 11.4. The summed E-state index contributed by atoms with van der Waals surface area (Å²) in [6.45, 7) is 6.11. The average Bonchev–Trinajstić information content (AvgIpc) is 3.03. The lowest BCUT2D eigenvalue weighted by atomic mass is 10.2. The molecule has 6 nitrogen and oxygen atoms in total. The molecule has 0 bridgehead atoms. The lowest BCUT2D eigenvalue weighted by Crippen LogP contribution is -2.46.